The molecule has 2 heterocycles. The first-order chi connectivity index (χ1) is 13.8. The summed E-state index contributed by atoms with van der Waals surface area (Å²) in [7, 11) is 0. The van der Waals surface area contributed by atoms with Crippen molar-refractivity contribution in [1.82, 2.24) is 19.3 Å². The normalized spacial score (nSPS) is 10.7. The first kappa shape index (κ1) is 19.9. The molecule has 0 spiro atoms. The highest BCUT2D eigenvalue weighted by Crippen LogP contribution is 2.16. The summed E-state index contributed by atoms with van der Waals surface area (Å²) in [5.74, 6) is -0.200. The maximum atomic E-state index is 12.6. The molecule has 0 bridgehead atoms. The Bertz CT molecular complexity index is 1130. The van der Waals surface area contributed by atoms with Crippen LogP contribution in [0.3, 0.4) is 0 Å². The van der Waals surface area contributed by atoms with Gasteiger partial charge in [0, 0.05) is 35.3 Å². The average Bonchev–Trinajstić information content (AvgIpc) is 3.01. The number of aryl methyl sites for hydroxylation is 3. The van der Waals surface area contributed by atoms with Gasteiger partial charge in [-0.3, -0.25) is 24.3 Å². The zero-order chi connectivity index (χ0) is 21.1. The Balaban J connectivity index is 1.91. The van der Waals surface area contributed by atoms with Gasteiger partial charge in [-0.2, -0.15) is 5.10 Å². The fraction of sp³-hybridized carbons (Fsp3) is 0.263. The van der Waals surface area contributed by atoms with Gasteiger partial charge in [-0.15, -0.1) is 0 Å². The molecule has 0 atom stereocenters. The Morgan fingerprint density at radius 3 is 2.45 bits per heavy atom. The van der Waals surface area contributed by atoms with E-state index in [2.05, 4.69) is 15.4 Å². The van der Waals surface area contributed by atoms with Gasteiger partial charge in [0.1, 0.15) is 6.54 Å². The standard InChI is InChI=1S/C19H20N6O4/c1-4-14-10-18(27)23(19(21-14)24-13(3)9-12(2)22-24)11-17(26)20-15-5-7-16(8-6-15)25(28)29/h5-10H,4,11H2,1-3H3,(H,20,26). The molecule has 150 valence electrons. The number of carbonyl (C=O) groups is 1. The molecule has 0 aliphatic rings. The van der Waals surface area contributed by atoms with Gasteiger partial charge < -0.3 is 5.32 Å². The molecule has 1 N–H and O–H groups in total. The second-order valence-corrected chi connectivity index (χ2v) is 6.52. The van der Waals surface area contributed by atoms with Crippen molar-refractivity contribution in [1.29, 1.82) is 0 Å². The van der Waals surface area contributed by atoms with E-state index in [-0.39, 0.29) is 23.7 Å². The highest BCUT2D eigenvalue weighted by atomic mass is 16.6. The minimum absolute atomic E-state index is 0.0783. The topological polar surface area (TPSA) is 125 Å². The maximum absolute atomic E-state index is 12.6. The van der Waals surface area contributed by atoms with Crippen LogP contribution in [0.15, 0.2) is 41.2 Å². The van der Waals surface area contributed by atoms with Crippen LogP contribution in [0, 0.1) is 24.0 Å². The lowest BCUT2D eigenvalue weighted by molar-refractivity contribution is -0.384. The summed E-state index contributed by atoms with van der Waals surface area (Å²) < 4.78 is 2.79. The fourth-order valence-electron chi connectivity index (χ4n) is 2.87. The lowest BCUT2D eigenvalue weighted by atomic mass is 10.3. The molecule has 29 heavy (non-hydrogen) atoms. The van der Waals surface area contributed by atoms with E-state index in [0.29, 0.717) is 17.8 Å². The molecule has 2 aromatic heterocycles. The summed E-state index contributed by atoms with van der Waals surface area (Å²) in [4.78, 5) is 39.9. The van der Waals surface area contributed by atoms with Crippen LogP contribution in [0.2, 0.25) is 0 Å². The van der Waals surface area contributed by atoms with E-state index >= 15 is 0 Å². The van der Waals surface area contributed by atoms with Gasteiger partial charge in [0.2, 0.25) is 11.9 Å². The molecule has 10 nitrogen and oxygen atoms in total. The number of nitro groups is 1. The number of carbonyl (C=O) groups excluding carboxylic acids is 1. The van der Waals surface area contributed by atoms with Gasteiger partial charge in [0.05, 0.1) is 10.6 Å². The van der Waals surface area contributed by atoms with Crippen LogP contribution in [0.5, 0.6) is 0 Å². The van der Waals surface area contributed by atoms with Gasteiger partial charge in [0.15, 0.2) is 0 Å². The number of hydrogen-bond donors (Lipinski definition) is 1. The molecule has 3 aromatic rings. The number of nitro benzene ring substituents is 1. The number of hydrogen-bond acceptors (Lipinski definition) is 6. The summed E-state index contributed by atoms with van der Waals surface area (Å²) in [5, 5.41) is 17.7. The van der Waals surface area contributed by atoms with E-state index in [4.69, 9.17) is 0 Å². The molecular formula is C19H20N6O4. The lowest BCUT2D eigenvalue weighted by Gasteiger charge is -2.14. The molecule has 0 radical (unpaired) electrons. The number of non-ortho nitro benzene ring substituents is 1. The third-order valence-electron chi connectivity index (χ3n) is 4.27. The van der Waals surface area contributed by atoms with Crippen molar-refractivity contribution in [2.75, 3.05) is 5.32 Å². The summed E-state index contributed by atoms with van der Waals surface area (Å²) in [6.07, 6.45) is 0.567. The molecule has 0 aliphatic carbocycles. The van der Waals surface area contributed by atoms with E-state index in [9.17, 15) is 19.7 Å². The number of anilines is 1. The predicted octanol–water partition coefficient (Wildman–Crippen LogP) is 2.16. The number of benzene rings is 1. The minimum Gasteiger partial charge on any atom is -0.325 e. The minimum atomic E-state index is -0.521. The van der Waals surface area contributed by atoms with Crippen molar-refractivity contribution < 1.29 is 9.72 Å². The largest absolute Gasteiger partial charge is 0.325 e. The third kappa shape index (κ3) is 4.37. The SMILES string of the molecule is CCc1cc(=O)n(CC(=O)Nc2ccc([N+](=O)[O-])cc2)c(-n2nc(C)cc2C)n1. The van der Waals surface area contributed by atoms with Crippen molar-refractivity contribution in [3.8, 4) is 5.95 Å². The molecule has 0 unspecified atom stereocenters. The van der Waals surface area contributed by atoms with Crippen LogP contribution in [0.25, 0.3) is 5.95 Å². The second-order valence-electron chi connectivity index (χ2n) is 6.52. The number of aromatic nitrogens is 4. The average molecular weight is 396 g/mol. The van der Waals surface area contributed by atoms with Crippen molar-refractivity contribution in [3.05, 3.63) is 73.9 Å². The Morgan fingerprint density at radius 2 is 1.90 bits per heavy atom. The number of amides is 1. The Hall–Kier alpha value is -3.82. The molecule has 0 aliphatic heterocycles. The van der Waals surface area contributed by atoms with E-state index in [1.165, 1.54) is 39.6 Å². The van der Waals surface area contributed by atoms with Gasteiger partial charge >= 0.3 is 0 Å². The summed E-state index contributed by atoms with van der Waals surface area (Å²) >= 11 is 0. The quantitative estimate of drug-likeness (QED) is 0.503. The molecule has 1 aromatic carbocycles. The van der Waals surface area contributed by atoms with Gasteiger partial charge in [-0.1, -0.05) is 6.92 Å². The summed E-state index contributed by atoms with van der Waals surface area (Å²) in [6, 6.07) is 8.69. The van der Waals surface area contributed by atoms with Crippen molar-refractivity contribution in [2.45, 2.75) is 33.7 Å². The smallest absolute Gasteiger partial charge is 0.269 e. The Labute approximate surface area is 166 Å². The fourth-order valence-corrected chi connectivity index (χ4v) is 2.87. The van der Waals surface area contributed by atoms with Crippen molar-refractivity contribution >= 4 is 17.3 Å². The predicted molar refractivity (Wildman–Crippen MR) is 106 cm³/mol. The molecule has 0 fully saturated rings. The van der Waals surface area contributed by atoms with Gasteiger partial charge in [0.25, 0.3) is 11.2 Å². The zero-order valence-electron chi connectivity index (χ0n) is 16.2. The number of nitrogens with zero attached hydrogens (tertiary/aromatic N) is 5. The van der Waals surface area contributed by atoms with E-state index in [1.807, 2.05) is 26.8 Å². The van der Waals surface area contributed by atoms with Crippen LogP contribution >= 0.6 is 0 Å². The zero-order valence-corrected chi connectivity index (χ0v) is 16.2. The Kier molecular flexibility index (Phi) is 5.53. The van der Waals surface area contributed by atoms with E-state index in [0.717, 1.165) is 11.4 Å². The van der Waals surface area contributed by atoms with Crippen molar-refractivity contribution in [3.63, 3.8) is 0 Å². The summed E-state index contributed by atoms with van der Waals surface area (Å²) in [5.41, 5.74) is 2.10. The van der Waals surface area contributed by atoms with Crippen LogP contribution in [0.4, 0.5) is 11.4 Å². The molecule has 1 amide bonds. The summed E-state index contributed by atoms with van der Waals surface area (Å²) in [6.45, 7) is 5.28. The highest BCUT2D eigenvalue weighted by molar-refractivity contribution is 5.90. The third-order valence-corrected chi connectivity index (χ3v) is 4.27. The molecule has 0 saturated heterocycles. The first-order valence-corrected chi connectivity index (χ1v) is 8.97. The number of nitrogens with one attached hydrogen (secondary N) is 1. The first-order valence-electron chi connectivity index (χ1n) is 8.97. The monoisotopic (exact) mass is 396 g/mol. The molecule has 3 rings (SSSR count). The van der Waals surface area contributed by atoms with Gasteiger partial charge in [-0.05, 0) is 38.5 Å². The van der Waals surface area contributed by atoms with Crippen molar-refractivity contribution in [2.24, 2.45) is 0 Å². The van der Waals surface area contributed by atoms with Gasteiger partial charge in [-0.25, -0.2) is 9.67 Å². The van der Waals surface area contributed by atoms with Crippen LogP contribution in [0.1, 0.15) is 24.0 Å². The molecule has 10 heteroatoms. The van der Waals surface area contributed by atoms with Crippen LogP contribution in [-0.4, -0.2) is 30.2 Å². The highest BCUT2D eigenvalue weighted by Gasteiger charge is 2.16. The van der Waals surface area contributed by atoms with E-state index in [1.54, 1.807) is 0 Å². The maximum Gasteiger partial charge on any atom is 0.269 e. The number of rotatable bonds is 6. The van der Waals surface area contributed by atoms with E-state index < -0.39 is 10.8 Å². The molecule has 0 saturated carbocycles. The van der Waals surface area contributed by atoms with Crippen LogP contribution in [-0.2, 0) is 17.8 Å². The molecular weight excluding hydrogens is 376 g/mol. The second kappa shape index (κ2) is 8.05. The Morgan fingerprint density at radius 1 is 1.21 bits per heavy atom. The lowest BCUT2D eigenvalue weighted by Crippen LogP contribution is -2.32. The van der Waals surface area contributed by atoms with Crippen LogP contribution < -0.4 is 10.9 Å².